The molecule has 1 aromatic carbocycles. The maximum absolute atomic E-state index is 11.5. The van der Waals surface area contributed by atoms with E-state index in [0.717, 1.165) is 24.2 Å². The molecule has 116 valence electrons. The number of benzene rings is 1. The molecule has 0 atom stereocenters. The van der Waals surface area contributed by atoms with Gasteiger partial charge in [0.05, 0.1) is 18.4 Å². The predicted molar refractivity (Wildman–Crippen MR) is 83.9 cm³/mol. The van der Waals surface area contributed by atoms with E-state index in [1.54, 1.807) is 14.1 Å². The predicted octanol–water partition coefficient (Wildman–Crippen LogP) is 1.92. The molecule has 0 saturated heterocycles. The molecule has 0 unspecified atom stereocenters. The van der Waals surface area contributed by atoms with Crippen molar-refractivity contribution in [1.29, 1.82) is 0 Å². The Morgan fingerprint density at radius 2 is 2.14 bits per heavy atom. The highest BCUT2D eigenvalue weighted by Gasteiger charge is 2.15. The molecule has 2 amide bonds. The van der Waals surface area contributed by atoms with Gasteiger partial charge in [0.25, 0.3) is 0 Å². The lowest BCUT2D eigenvalue weighted by molar-refractivity contribution is 0.217. The van der Waals surface area contributed by atoms with Gasteiger partial charge in [-0.2, -0.15) is 0 Å². The van der Waals surface area contributed by atoms with Gasteiger partial charge in [-0.05, 0) is 42.9 Å². The van der Waals surface area contributed by atoms with E-state index in [1.165, 1.54) is 28.9 Å². The summed E-state index contributed by atoms with van der Waals surface area (Å²) in [4.78, 5) is 13.0. The quantitative estimate of drug-likeness (QED) is 0.942. The molecule has 1 heterocycles. The van der Waals surface area contributed by atoms with E-state index in [2.05, 4.69) is 33.8 Å². The Hall–Kier alpha value is -2.37. The van der Waals surface area contributed by atoms with E-state index < -0.39 is 0 Å². The zero-order valence-corrected chi connectivity index (χ0v) is 13.0. The van der Waals surface area contributed by atoms with Crippen LogP contribution in [0, 0.1) is 0 Å². The fourth-order valence-corrected chi connectivity index (χ4v) is 2.80. The number of fused-ring (bicyclic) bond motifs is 1. The normalized spacial score (nSPS) is 13.5. The van der Waals surface area contributed by atoms with Gasteiger partial charge in [0, 0.05) is 14.1 Å². The van der Waals surface area contributed by atoms with E-state index in [0.29, 0.717) is 6.54 Å². The first kappa shape index (κ1) is 14.6. The number of nitrogens with zero attached hydrogens (tertiary/aromatic N) is 4. The third-order valence-electron chi connectivity index (χ3n) is 3.99. The van der Waals surface area contributed by atoms with Crippen LogP contribution in [0.4, 0.5) is 4.79 Å². The highest BCUT2D eigenvalue weighted by atomic mass is 16.2. The van der Waals surface area contributed by atoms with Crippen molar-refractivity contribution in [3.05, 3.63) is 41.2 Å². The molecular formula is C16H21N5O. The van der Waals surface area contributed by atoms with E-state index in [4.69, 9.17) is 0 Å². The third kappa shape index (κ3) is 2.95. The molecule has 6 heteroatoms. The summed E-state index contributed by atoms with van der Waals surface area (Å²) in [7, 11) is 3.42. The lowest BCUT2D eigenvalue weighted by atomic mass is 9.90. The first-order valence-corrected chi connectivity index (χ1v) is 7.62. The standard InChI is InChI=1S/C16H21N5O/c1-20(2)16(22)17-10-13-11-21(19-18-13)15-9-5-7-12-6-3-4-8-14(12)15/h5,7,9,11H,3-4,6,8,10H2,1-2H3,(H,17,22). The van der Waals surface area contributed by atoms with Gasteiger partial charge in [0.15, 0.2) is 0 Å². The molecule has 0 spiro atoms. The molecule has 1 N–H and O–H groups in total. The maximum Gasteiger partial charge on any atom is 0.317 e. The second-order valence-electron chi connectivity index (χ2n) is 5.83. The Morgan fingerprint density at radius 1 is 1.32 bits per heavy atom. The van der Waals surface area contributed by atoms with Gasteiger partial charge in [-0.15, -0.1) is 5.10 Å². The molecule has 1 aliphatic rings. The Labute approximate surface area is 130 Å². The van der Waals surface area contributed by atoms with Crippen LogP contribution in [0.25, 0.3) is 5.69 Å². The van der Waals surface area contributed by atoms with Gasteiger partial charge < -0.3 is 10.2 Å². The van der Waals surface area contributed by atoms with Crippen molar-refractivity contribution < 1.29 is 4.79 Å². The summed E-state index contributed by atoms with van der Waals surface area (Å²) in [6.07, 6.45) is 6.61. The number of hydrogen-bond acceptors (Lipinski definition) is 3. The van der Waals surface area contributed by atoms with Crippen LogP contribution in [0.1, 0.15) is 29.7 Å². The van der Waals surface area contributed by atoms with Crippen molar-refractivity contribution >= 4 is 6.03 Å². The molecule has 2 aromatic rings. The molecule has 0 fully saturated rings. The van der Waals surface area contributed by atoms with Gasteiger partial charge in [-0.3, -0.25) is 0 Å². The van der Waals surface area contributed by atoms with Gasteiger partial charge in [-0.25, -0.2) is 9.48 Å². The van der Waals surface area contributed by atoms with Gasteiger partial charge in [0.2, 0.25) is 0 Å². The number of aryl methyl sites for hydroxylation is 1. The number of hydrogen-bond donors (Lipinski definition) is 1. The lowest BCUT2D eigenvalue weighted by Crippen LogP contribution is -2.34. The summed E-state index contributed by atoms with van der Waals surface area (Å²) < 4.78 is 1.82. The second kappa shape index (κ2) is 6.17. The number of rotatable bonds is 3. The van der Waals surface area contributed by atoms with Crippen molar-refractivity contribution in [1.82, 2.24) is 25.2 Å². The summed E-state index contributed by atoms with van der Waals surface area (Å²) in [6.45, 7) is 0.381. The smallest absolute Gasteiger partial charge is 0.317 e. The maximum atomic E-state index is 11.5. The van der Waals surface area contributed by atoms with Crippen molar-refractivity contribution in [2.24, 2.45) is 0 Å². The fourth-order valence-electron chi connectivity index (χ4n) is 2.80. The van der Waals surface area contributed by atoms with Crippen molar-refractivity contribution in [3.63, 3.8) is 0 Å². The topological polar surface area (TPSA) is 63.1 Å². The third-order valence-corrected chi connectivity index (χ3v) is 3.99. The second-order valence-corrected chi connectivity index (χ2v) is 5.83. The van der Waals surface area contributed by atoms with E-state index in [-0.39, 0.29) is 6.03 Å². The van der Waals surface area contributed by atoms with E-state index >= 15 is 0 Å². The highest BCUT2D eigenvalue weighted by molar-refractivity contribution is 5.73. The van der Waals surface area contributed by atoms with Crippen LogP contribution in [-0.2, 0) is 19.4 Å². The average molecular weight is 299 g/mol. The first-order valence-electron chi connectivity index (χ1n) is 7.62. The molecule has 22 heavy (non-hydrogen) atoms. The average Bonchev–Trinajstić information content (AvgIpc) is 3.00. The lowest BCUT2D eigenvalue weighted by Gasteiger charge is -2.18. The van der Waals surface area contributed by atoms with Gasteiger partial charge in [0.1, 0.15) is 5.69 Å². The number of nitrogens with one attached hydrogen (secondary N) is 1. The van der Waals surface area contributed by atoms with Crippen LogP contribution in [-0.4, -0.2) is 40.0 Å². The monoisotopic (exact) mass is 299 g/mol. The van der Waals surface area contributed by atoms with Crippen LogP contribution >= 0.6 is 0 Å². The van der Waals surface area contributed by atoms with Crippen molar-refractivity contribution in [2.45, 2.75) is 32.2 Å². The number of carbonyl (C=O) groups is 1. The fraction of sp³-hybridized carbons (Fsp3) is 0.438. The molecule has 3 rings (SSSR count). The molecule has 0 radical (unpaired) electrons. The molecule has 1 aromatic heterocycles. The minimum Gasteiger partial charge on any atom is -0.332 e. The summed E-state index contributed by atoms with van der Waals surface area (Å²) in [5.41, 5.74) is 4.66. The molecular weight excluding hydrogens is 278 g/mol. The number of carbonyl (C=O) groups excluding carboxylic acids is 1. The van der Waals surface area contributed by atoms with Crippen molar-refractivity contribution in [3.8, 4) is 5.69 Å². The number of amides is 2. The SMILES string of the molecule is CN(C)C(=O)NCc1cn(-c2cccc3c2CCCC3)nn1. The Bertz CT molecular complexity index is 677. The van der Waals surface area contributed by atoms with Gasteiger partial charge >= 0.3 is 6.03 Å². The zero-order chi connectivity index (χ0) is 15.5. The molecule has 0 saturated carbocycles. The van der Waals surface area contributed by atoms with E-state index in [1.807, 2.05) is 10.9 Å². The summed E-state index contributed by atoms with van der Waals surface area (Å²) in [5.74, 6) is 0. The Kier molecular flexibility index (Phi) is 4.09. The summed E-state index contributed by atoms with van der Waals surface area (Å²) in [5, 5.41) is 11.2. The van der Waals surface area contributed by atoms with Crippen molar-refractivity contribution in [2.75, 3.05) is 14.1 Å². The largest absolute Gasteiger partial charge is 0.332 e. The highest BCUT2D eigenvalue weighted by Crippen LogP contribution is 2.26. The number of urea groups is 1. The summed E-state index contributed by atoms with van der Waals surface area (Å²) in [6, 6.07) is 6.23. The molecule has 0 aliphatic heterocycles. The minimum atomic E-state index is -0.133. The zero-order valence-electron chi connectivity index (χ0n) is 13.0. The van der Waals surface area contributed by atoms with Crippen LogP contribution in [0.3, 0.4) is 0 Å². The molecule has 0 bridgehead atoms. The van der Waals surface area contributed by atoms with Crippen LogP contribution in [0.5, 0.6) is 0 Å². The van der Waals surface area contributed by atoms with Crippen LogP contribution in [0.2, 0.25) is 0 Å². The Balaban J connectivity index is 1.78. The minimum absolute atomic E-state index is 0.133. The first-order chi connectivity index (χ1) is 10.6. The van der Waals surface area contributed by atoms with Gasteiger partial charge in [-0.1, -0.05) is 17.3 Å². The summed E-state index contributed by atoms with van der Waals surface area (Å²) >= 11 is 0. The molecule has 6 nitrogen and oxygen atoms in total. The van der Waals surface area contributed by atoms with Crippen LogP contribution in [0.15, 0.2) is 24.4 Å². The molecule has 1 aliphatic carbocycles. The van der Waals surface area contributed by atoms with E-state index in [9.17, 15) is 4.79 Å². The van der Waals surface area contributed by atoms with Crippen LogP contribution < -0.4 is 5.32 Å². The number of aromatic nitrogens is 3. The Morgan fingerprint density at radius 3 is 2.95 bits per heavy atom.